The highest BCUT2D eigenvalue weighted by atomic mass is 16.6. The summed E-state index contributed by atoms with van der Waals surface area (Å²) in [7, 11) is 0. The third-order valence-electron chi connectivity index (χ3n) is 5.05. The number of ether oxygens (including phenoxy) is 1. The molecule has 3 N–H and O–H groups in total. The second kappa shape index (κ2) is 9.39. The van der Waals surface area contributed by atoms with Crippen LogP contribution in [0, 0.1) is 6.92 Å². The molecular weight excluding hydrogens is 426 g/mol. The van der Waals surface area contributed by atoms with Gasteiger partial charge in [-0.3, -0.25) is 0 Å². The Morgan fingerprint density at radius 2 is 1.68 bits per heavy atom. The molecule has 34 heavy (non-hydrogen) atoms. The van der Waals surface area contributed by atoms with Crippen LogP contribution in [0.5, 0.6) is 0 Å². The maximum Gasteiger partial charge on any atom is 0.435 e. The molecule has 0 bridgehead atoms. The van der Waals surface area contributed by atoms with Gasteiger partial charge in [-0.2, -0.15) is 4.68 Å². The fourth-order valence-corrected chi connectivity index (χ4v) is 3.54. The molecule has 0 aliphatic carbocycles. The molecule has 0 saturated carbocycles. The monoisotopic (exact) mass is 455 g/mol. The topological polar surface area (TPSA) is 95.1 Å². The summed E-state index contributed by atoms with van der Waals surface area (Å²) in [6.45, 7) is 7.28. The van der Waals surface area contributed by atoms with E-state index in [4.69, 9.17) is 15.5 Å². The summed E-state index contributed by atoms with van der Waals surface area (Å²) in [5.74, 6) is 1.14. The summed E-state index contributed by atoms with van der Waals surface area (Å²) in [5.41, 5.74) is 10.7. The Balaban J connectivity index is 1.66. The van der Waals surface area contributed by atoms with Crippen molar-refractivity contribution in [3.05, 3.63) is 89.6 Å². The summed E-state index contributed by atoms with van der Waals surface area (Å²) in [6, 6.07) is 23.8. The van der Waals surface area contributed by atoms with Gasteiger partial charge in [-0.1, -0.05) is 42.5 Å². The molecule has 2 aromatic heterocycles. The van der Waals surface area contributed by atoms with Crippen molar-refractivity contribution < 1.29 is 9.53 Å². The Bertz CT molecular complexity index is 1290. The average Bonchev–Trinajstić information content (AvgIpc) is 3.13. The number of nitrogens with zero attached hydrogens (tertiary/aromatic N) is 3. The van der Waals surface area contributed by atoms with Crippen LogP contribution in [0.3, 0.4) is 0 Å². The van der Waals surface area contributed by atoms with Gasteiger partial charge in [0, 0.05) is 23.0 Å². The Morgan fingerprint density at radius 3 is 2.35 bits per heavy atom. The molecule has 7 heteroatoms. The number of nitrogen functional groups attached to an aromatic ring is 1. The number of carbonyl (C=O) groups excluding carboxylic acids is 1. The molecule has 0 atom stereocenters. The molecular formula is C27H29N5O2. The van der Waals surface area contributed by atoms with Gasteiger partial charge in [0.2, 0.25) is 0 Å². The van der Waals surface area contributed by atoms with E-state index in [1.54, 1.807) is 13.0 Å². The highest BCUT2D eigenvalue weighted by Crippen LogP contribution is 2.26. The SMILES string of the molecule is Cc1cc(Nc2cc(Cc3ccccc3)cc(-c3ccc(N)cc3)n2)nn1C(=O)OC(C)(C)C. The van der Waals surface area contributed by atoms with Crippen molar-refractivity contribution in [2.75, 3.05) is 11.1 Å². The van der Waals surface area contributed by atoms with Gasteiger partial charge in [-0.05, 0) is 69.5 Å². The first kappa shape index (κ1) is 23.0. The summed E-state index contributed by atoms with van der Waals surface area (Å²) >= 11 is 0. The smallest absolute Gasteiger partial charge is 0.435 e. The number of benzene rings is 2. The van der Waals surface area contributed by atoms with E-state index in [0.717, 1.165) is 23.2 Å². The first-order valence-electron chi connectivity index (χ1n) is 11.1. The lowest BCUT2D eigenvalue weighted by Gasteiger charge is -2.19. The molecule has 4 rings (SSSR count). The number of pyridine rings is 1. The molecule has 0 aliphatic heterocycles. The minimum absolute atomic E-state index is 0.510. The zero-order valence-electron chi connectivity index (χ0n) is 19.9. The Labute approximate surface area is 199 Å². The maximum atomic E-state index is 12.5. The van der Waals surface area contributed by atoms with Crippen molar-refractivity contribution in [1.82, 2.24) is 14.8 Å². The van der Waals surface area contributed by atoms with E-state index in [0.29, 0.717) is 23.0 Å². The highest BCUT2D eigenvalue weighted by molar-refractivity contribution is 5.72. The lowest BCUT2D eigenvalue weighted by molar-refractivity contribution is 0.0511. The van der Waals surface area contributed by atoms with Gasteiger partial charge in [0.1, 0.15) is 11.4 Å². The molecule has 7 nitrogen and oxygen atoms in total. The van der Waals surface area contributed by atoms with E-state index in [-0.39, 0.29) is 0 Å². The van der Waals surface area contributed by atoms with E-state index in [1.807, 2.05) is 69.3 Å². The second-order valence-electron chi connectivity index (χ2n) is 9.22. The molecule has 0 fully saturated rings. The van der Waals surface area contributed by atoms with Gasteiger partial charge in [0.25, 0.3) is 0 Å². The predicted octanol–water partition coefficient (Wildman–Crippen LogP) is 5.95. The van der Waals surface area contributed by atoms with Gasteiger partial charge in [0.05, 0.1) is 5.69 Å². The zero-order chi connectivity index (χ0) is 24.3. The van der Waals surface area contributed by atoms with Crippen molar-refractivity contribution in [3.63, 3.8) is 0 Å². The number of rotatable bonds is 5. The third-order valence-corrected chi connectivity index (χ3v) is 5.05. The fourth-order valence-electron chi connectivity index (χ4n) is 3.54. The maximum absolute atomic E-state index is 12.5. The summed E-state index contributed by atoms with van der Waals surface area (Å²) in [5, 5.41) is 7.65. The van der Waals surface area contributed by atoms with Crippen LogP contribution in [0.15, 0.2) is 72.8 Å². The number of nitrogens with one attached hydrogen (secondary N) is 1. The minimum atomic E-state index is -0.607. The lowest BCUT2D eigenvalue weighted by Crippen LogP contribution is -2.28. The summed E-state index contributed by atoms with van der Waals surface area (Å²) in [6.07, 6.45) is 0.233. The van der Waals surface area contributed by atoms with E-state index >= 15 is 0 Å². The number of anilines is 3. The number of carbonyl (C=O) groups is 1. The summed E-state index contributed by atoms with van der Waals surface area (Å²) < 4.78 is 6.70. The molecule has 2 aromatic carbocycles. The van der Waals surface area contributed by atoms with E-state index in [9.17, 15) is 4.79 Å². The van der Waals surface area contributed by atoms with Crippen LogP contribution in [0.4, 0.5) is 22.1 Å². The molecule has 0 aliphatic rings. The predicted molar refractivity (Wildman–Crippen MR) is 135 cm³/mol. The second-order valence-corrected chi connectivity index (χ2v) is 9.22. The average molecular weight is 456 g/mol. The van der Waals surface area contributed by atoms with Crippen LogP contribution in [0.2, 0.25) is 0 Å². The minimum Gasteiger partial charge on any atom is -0.442 e. The quantitative estimate of drug-likeness (QED) is 0.361. The molecule has 0 radical (unpaired) electrons. The summed E-state index contributed by atoms with van der Waals surface area (Å²) in [4.78, 5) is 17.3. The van der Waals surface area contributed by atoms with Crippen molar-refractivity contribution in [1.29, 1.82) is 0 Å². The first-order chi connectivity index (χ1) is 16.2. The first-order valence-corrected chi connectivity index (χ1v) is 11.1. The van der Waals surface area contributed by atoms with Crippen molar-refractivity contribution in [2.45, 2.75) is 39.7 Å². The van der Waals surface area contributed by atoms with Crippen LogP contribution < -0.4 is 11.1 Å². The normalized spacial score (nSPS) is 11.3. The highest BCUT2D eigenvalue weighted by Gasteiger charge is 2.20. The molecule has 0 amide bonds. The Morgan fingerprint density at radius 1 is 0.971 bits per heavy atom. The van der Waals surface area contributed by atoms with Crippen molar-refractivity contribution in [3.8, 4) is 11.3 Å². The largest absolute Gasteiger partial charge is 0.442 e. The van der Waals surface area contributed by atoms with Gasteiger partial charge in [-0.15, -0.1) is 5.10 Å². The lowest BCUT2D eigenvalue weighted by atomic mass is 10.0. The van der Waals surface area contributed by atoms with Gasteiger partial charge in [0.15, 0.2) is 5.82 Å². The van der Waals surface area contributed by atoms with Crippen LogP contribution in [0.1, 0.15) is 37.6 Å². The molecule has 0 saturated heterocycles. The number of aromatic nitrogens is 3. The Hall–Kier alpha value is -4.13. The van der Waals surface area contributed by atoms with Gasteiger partial charge in [-0.25, -0.2) is 9.78 Å². The molecule has 2 heterocycles. The number of nitrogens with two attached hydrogens (primary N) is 1. The fraction of sp³-hybridized carbons (Fsp3) is 0.222. The number of hydrogen-bond donors (Lipinski definition) is 2. The van der Waals surface area contributed by atoms with E-state index in [2.05, 4.69) is 28.6 Å². The number of hydrogen-bond acceptors (Lipinski definition) is 6. The third kappa shape index (κ3) is 5.81. The molecule has 174 valence electrons. The number of aryl methyl sites for hydroxylation is 1. The van der Waals surface area contributed by atoms with E-state index in [1.165, 1.54) is 10.2 Å². The Kier molecular flexibility index (Phi) is 6.36. The van der Waals surface area contributed by atoms with Gasteiger partial charge >= 0.3 is 6.09 Å². The van der Waals surface area contributed by atoms with Crippen molar-refractivity contribution in [2.24, 2.45) is 0 Å². The zero-order valence-corrected chi connectivity index (χ0v) is 19.9. The van der Waals surface area contributed by atoms with Crippen LogP contribution in [-0.4, -0.2) is 26.5 Å². The van der Waals surface area contributed by atoms with Crippen LogP contribution >= 0.6 is 0 Å². The molecule has 4 aromatic rings. The molecule has 0 spiro atoms. The van der Waals surface area contributed by atoms with Crippen LogP contribution in [0.25, 0.3) is 11.3 Å². The van der Waals surface area contributed by atoms with Crippen LogP contribution in [-0.2, 0) is 11.2 Å². The van der Waals surface area contributed by atoms with Gasteiger partial charge < -0.3 is 15.8 Å². The molecule has 0 unspecified atom stereocenters. The van der Waals surface area contributed by atoms with Crippen molar-refractivity contribution >= 4 is 23.4 Å². The standard InChI is InChI=1S/C27H29N5O2/c1-18-14-25(31-32(18)26(33)34-27(2,3)4)30-24-17-20(15-19-8-6-5-7-9-19)16-23(29-24)21-10-12-22(28)13-11-21/h5-14,16-17H,15,28H2,1-4H3,(H,29,30,31). The van der Waals surface area contributed by atoms with E-state index < -0.39 is 11.7 Å².